The fraction of sp³-hybridized carbons (Fsp3) is 0.143. The Balaban J connectivity index is 1.58. The lowest BCUT2D eigenvalue weighted by molar-refractivity contribution is -0.384. The molecule has 1 aliphatic rings. The number of carbonyl (C=O) groups excluding carboxylic acids is 1. The molecule has 0 saturated carbocycles. The van der Waals surface area contributed by atoms with E-state index in [1.807, 2.05) is 6.07 Å². The molecule has 1 N–H and O–H groups in total. The van der Waals surface area contributed by atoms with Crippen molar-refractivity contribution < 1.29 is 23.9 Å². The van der Waals surface area contributed by atoms with E-state index in [9.17, 15) is 14.9 Å². The maximum Gasteiger partial charge on any atom is 0.269 e. The smallest absolute Gasteiger partial charge is 0.269 e. The molecular formula is C28H25N3O6S. The molecule has 0 spiro atoms. The molecule has 1 amide bonds. The maximum absolute atomic E-state index is 12.6. The van der Waals surface area contributed by atoms with Gasteiger partial charge in [-0.25, -0.2) is 4.99 Å². The number of rotatable bonds is 10. The summed E-state index contributed by atoms with van der Waals surface area (Å²) in [4.78, 5) is 28.2. The van der Waals surface area contributed by atoms with Crippen LogP contribution in [-0.2, 0) is 17.8 Å². The number of thioether (sulfide) groups is 1. The molecule has 0 aliphatic carbocycles. The number of nitro groups is 1. The van der Waals surface area contributed by atoms with Crippen LogP contribution in [0.15, 0.2) is 83.2 Å². The highest BCUT2D eigenvalue weighted by molar-refractivity contribution is 8.18. The van der Waals surface area contributed by atoms with Crippen LogP contribution in [0.25, 0.3) is 6.08 Å². The van der Waals surface area contributed by atoms with Crippen molar-refractivity contribution in [3.8, 4) is 17.2 Å². The Morgan fingerprint density at radius 3 is 2.58 bits per heavy atom. The summed E-state index contributed by atoms with van der Waals surface area (Å²) < 4.78 is 16.8. The number of nitrogens with one attached hydrogen (secondary N) is 1. The molecule has 3 aromatic carbocycles. The molecule has 0 unspecified atom stereocenters. The zero-order chi connectivity index (χ0) is 27.1. The second-order valence-corrected chi connectivity index (χ2v) is 9.13. The van der Waals surface area contributed by atoms with E-state index in [4.69, 9.17) is 14.2 Å². The van der Waals surface area contributed by atoms with Crippen molar-refractivity contribution >= 4 is 40.3 Å². The number of amidine groups is 1. The van der Waals surface area contributed by atoms with Crippen LogP contribution in [0.3, 0.4) is 0 Å². The summed E-state index contributed by atoms with van der Waals surface area (Å²) in [6.45, 7) is 3.95. The first kappa shape index (κ1) is 26.5. The number of methoxy groups -OCH3 is 2. The van der Waals surface area contributed by atoms with E-state index < -0.39 is 4.92 Å². The van der Waals surface area contributed by atoms with Crippen LogP contribution in [0.2, 0.25) is 0 Å². The summed E-state index contributed by atoms with van der Waals surface area (Å²) >= 11 is 1.24. The van der Waals surface area contributed by atoms with E-state index in [1.165, 1.54) is 31.0 Å². The van der Waals surface area contributed by atoms with Crippen LogP contribution in [0.1, 0.15) is 16.7 Å². The number of nitro benzene ring substituents is 1. The minimum atomic E-state index is -0.445. The molecular weight excluding hydrogens is 506 g/mol. The third-order valence-corrected chi connectivity index (χ3v) is 6.40. The second-order valence-electron chi connectivity index (χ2n) is 8.10. The van der Waals surface area contributed by atoms with E-state index in [0.717, 1.165) is 16.9 Å². The first-order valence-electron chi connectivity index (χ1n) is 11.5. The van der Waals surface area contributed by atoms with Gasteiger partial charge in [-0.3, -0.25) is 14.9 Å². The van der Waals surface area contributed by atoms with Crippen LogP contribution >= 0.6 is 11.8 Å². The van der Waals surface area contributed by atoms with Gasteiger partial charge in [-0.2, -0.15) is 0 Å². The molecule has 1 aliphatic heterocycles. The molecule has 10 heteroatoms. The van der Waals surface area contributed by atoms with Crippen molar-refractivity contribution in [2.45, 2.75) is 13.0 Å². The largest absolute Gasteiger partial charge is 0.497 e. The number of carbonyl (C=O) groups is 1. The van der Waals surface area contributed by atoms with Gasteiger partial charge in [0.25, 0.3) is 11.6 Å². The Labute approximate surface area is 224 Å². The van der Waals surface area contributed by atoms with Gasteiger partial charge in [0, 0.05) is 17.7 Å². The Kier molecular flexibility index (Phi) is 8.44. The minimum Gasteiger partial charge on any atom is -0.497 e. The van der Waals surface area contributed by atoms with E-state index in [0.29, 0.717) is 39.2 Å². The molecule has 0 atom stereocenters. The van der Waals surface area contributed by atoms with Crippen molar-refractivity contribution in [3.63, 3.8) is 0 Å². The number of ether oxygens (including phenoxy) is 3. The Morgan fingerprint density at radius 2 is 1.89 bits per heavy atom. The number of non-ortho nitro benzene ring substituents is 1. The molecule has 38 heavy (non-hydrogen) atoms. The van der Waals surface area contributed by atoms with Crippen LogP contribution in [0.4, 0.5) is 11.4 Å². The summed E-state index contributed by atoms with van der Waals surface area (Å²) in [6.07, 6.45) is 3.99. The average molecular weight is 532 g/mol. The molecule has 9 nitrogen and oxygen atoms in total. The van der Waals surface area contributed by atoms with Crippen LogP contribution < -0.4 is 19.5 Å². The van der Waals surface area contributed by atoms with E-state index in [1.54, 1.807) is 61.7 Å². The Hall–Kier alpha value is -4.57. The standard InChI is InChI=1S/C28H25N3O6S/c1-4-6-20-13-19(15-24(36-3)26(20)37-17-18-7-5-8-22(14-18)31(33)34)16-25-27(32)30-28(38-25)29-21-9-11-23(35-2)12-10-21/h4-5,7-16H,1,6,17H2,2-3H3,(H,29,30,32). The molecule has 1 heterocycles. The number of benzene rings is 3. The topological polar surface area (TPSA) is 112 Å². The maximum atomic E-state index is 12.6. The highest BCUT2D eigenvalue weighted by Gasteiger charge is 2.24. The van der Waals surface area contributed by atoms with Gasteiger partial charge < -0.3 is 19.5 Å². The second kappa shape index (κ2) is 12.1. The highest BCUT2D eigenvalue weighted by atomic mass is 32.2. The summed E-state index contributed by atoms with van der Waals surface area (Å²) in [5.41, 5.74) is 2.88. The van der Waals surface area contributed by atoms with Gasteiger partial charge in [-0.1, -0.05) is 18.2 Å². The predicted molar refractivity (Wildman–Crippen MR) is 148 cm³/mol. The van der Waals surface area contributed by atoms with Crippen molar-refractivity contribution in [2.24, 2.45) is 4.99 Å². The van der Waals surface area contributed by atoms with E-state index in [2.05, 4.69) is 16.9 Å². The SMILES string of the molecule is C=CCc1cc(C=C2SC(=Nc3ccc(OC)cc3)NC2=O)cc(OC)c1OCc1cccc([N+](=O)[O-])c1. The van der Waals surface area contributed by atoms with Crippen LogP contribution in [-0.4, -0.2) is 30.2 Å². The third kappa shape index (κ3) is 6.40. The summed E-state index contributed by atoms with van der Waals surface area (Å²) in [5.74, 6) is 1.44. The molecule has 0 aromatic heterocycles. The molecule has 0 radical (unpaired) electrons. The highest BCUT2D eigenvalue weighted by Crippen LogP contribution is 2.36. The Bertz CT molecular complexity index is 1430. The fourth-order valence-electron chi connectivity index (χ4n) is 3.71. The molecule has 4 rings (SSSR count). The van der Waals surface area contributed by atoms with Gasteiger partial charge in [0.15, 0.2) is 16.7 Å². The molecule has 1 saturated heterocycles. The van der Waals surface area contributed by atoms with Crippen molar-refractivity contribution in [2.75, 3.05) is 14.2 Å². The third-order valence-electron chi connectivity index (χ3n) is 5.49. The van der Waals surface area contributed by atoms with Gasteiger partial charge in [0.05, 0.1) is 29.7 Å². The number of amides is 1. The number of allylic oxidation sites excluding steroid dienone is 1. The van der Waals surface area contributed by atoms with E-state index >= 15 is 0 Å². The molecule has 1 fully saturated rings. The summed E-state index contributed by atoms with van der Waals surface area (Å²) in [7, 11) is 3.12. The van der Waals surface area contributed by atoms with Crippen molar-refractivity contribution in [3.05, 3.63) is 105 Å². The quantitative estimate of drug-likeness (QED) is 0.152. The first-order chi connectivity index (χ1) is 18.4. The Morgan fingerprint density at radius 1 is 1.11 bits per heavy atom. The lowest BCUT2D eigenvalue weighted by Crippen LogP contribution is -2.19. The molecule has 194 valence electrons. The van der Waals surface area contributed by atoms with Gasteiger partial charge in [0.2, 0.25) is 0 Å². The average Bonchev–Trinajstić information content (AvgIpc) is 3.26. The minimum absolute atomic E-state index is 0.00593. The number of hydrogen-bond acceptors (Lipinski definition) is 8. The number of hydrogen-bond donors (Lipinski definition) is 1. The molecule has 3 aromatic rings. The van der Waals surface area contributed by atoms with Crippen LogP contribution in [0.5, 0.6) is 17.2 Å². The van der Waals surface area contributed by atoms with Crippen molar-refractivity contribution in [1.29, 1.82) is 0 Å². The molecule has 0 bridgehead atoms. The summed E-state index contributed by atoms with van der Waals surface area (Å²) in [5, 5.41) is 14.4. The monoisotopic (exact) mass is 531 g/mol. The number of nitrogens with zero attached hydrogens (tertiary/aromatic N) is 2. The fourth-order valence-corrected chi connectivity index (χ4v) is 4.55. The lowest BCUT2D eigenvalue weighted by atomic mass is 10.0. The van der Waals surface area contributed by atoms with Gasteiger partial charge in [-0.15, -0.1) is 6.58 Å². The summed E-state index contributed by atoms with van der Waals surface area (Å²) in [6, 6.07) is 17.1. The van der Waals surface area contributed by atoms with Crippen LogP contribution in [0, 0.1) is 10.1 Å². The normalized spacial score (nSPS) is 14.8. The lowest BCUT2D eigenvalue weighted by Gasteiger charge is -2.16. The van der Waals surface area contributed by atoms with Gasteiger partial charge >= 0.3 is 0 Å². The zero-order valence-corrected chi connectivity index (χ0v) is 21.6. The number of aliphatic imine (C=N–C) groups is 1. The van der Waals surface area contributed by atoms with Crippen molar-refractivity contribution in [1.82, 2.24) is 5.32 Å². The first-order valence-corrected chi connectivity index (χ1v) is 12.3. The zero-order valence-electron chi connectivity index (χ0n) is 20.8. The van der Waals surface area contributed by atoms with Gasteiger partial charge in [0.1, 0.15) is 12.4 Å². The van der Waals surface area contributed by atoms with Gasteiger partial charge in [-0.05, 0) is 71.8 Å². The van der Waals surface area contributed by atoms with E-state index in [-0.39, 0.29) is 18.2 Å². The predicted octanol–water partition coefficient (Wildman–Crippen LogP) is 5.81.